The van der Waals surface area contributed by atoms with E-state index >= 15 is 0 Å². The molecular weight excluding hydrogens is 486 g/mol. The van der Waals surface area contributed by atoms with Gasteiger partial charge >= 0.3 is 0 Å². The van der Waals surface area contributed by atoms with Crippen LogP contribution in [0.4, 0.5) is 0 Å². The Morgan fingerprint density at radius 2 is 2.04 bits per heavy atom. The van der Waals surface area contributed by atoms with Crippen molar-refractivity contribution in [1.82, 2.24) is 15.1 Å². The molecule has 0 aliphatic carbocycles. The number of nitrogens with zero attached hydrogens (tertiary/aromatic N) is 3. The van der Waals surface area contributed by atoms with Crippen LogP contribution in [-0.2, 0) is 11.3 Å². The maximum Gasteiger partial charge on any atom is 0.194 e. The van der Waals surface area contributed by atoms with Crippen LogP contribution in [0.25, 0.3) is 0 Å². The molecule has 0 spiro atoms. The molecule has 26 heavy (non-hydrogen) atoms. The van der Waals surface area contributed by atoms with Crippen LogP contribution in [-0.4, -0.2) is 67.7 Å². The Morgan fingerprint density at radius 3 is 2.73 bits per heavy atom. The molecule has 3 rings (SSSR count). The standard InChI is InChI=1S/C18H26Cl2N4O.HI/c1-2-21-18(22-12-14-3-4-15(19)11-17(14)20)24-6-5-16(13-24)23-7-9-25-10-8-23;/h3-4,11,16H,2,5-10,12-13H2,1H3,(H,21,22);1H. The van der Waals surface area contributed by atoms with Crippen LogP contribution in [0, 0.1) is 0 Å². The summed E-state index contributed by atoms with van der Waals surface area (Å²) in [7, 11) is 0. The summed E-state index contributed by atoms with van der Waals surface area (Å²) in [5, 5.41) is 4.73. The number of nitrogens with one attached hydrogen (secondary N) is 1. The second-order valence-corrected chi connectivity index (χ2v) is 7.29. The number of ether oxygens (including phenoxy) is 1. The predicted molar refractivity (Wildman–Crippen MR) is 119 cm³/mol. The van der Waals surface area contributed by atoms with Gasteiger partial charge in [0.05, 0.1) is 19.8 Å². The molecule has 0 bridgehead atoms. The van der Waals surface area contributed by atoms with Gasteiger partial charge in [0.1, 0.15) is 0 Å². The normalized spacial score (nSPS) is 21.6. The van der Waals surface area contributed by atoms with Gasteiger partial charge in [0.2, 0.25) is 0 Å². The van der Waals surface area contributed by atoms with Gasteiger partial charge in [-0.2, -0.15) is 0 Å². The van der Waals surface area contributed by atoms with Gasteiger partial charge in [0, 0.05) is 48.8 Å². The van der Waals surface area contributed by atoms with E-state index in [4.69, 9.17) is 32.9 Å². The fourth-order valence-corrected chi connectivity index (χ4v) is 3.88. The van der Waals surface area contributed by atoms with Gasteiger partial charge < -0.3 is 15.0 Å². The molecule has 1 atom stereocenters. The molecule has 0 aromatic heterocycles. The van der Waals surface area contributed by atoms with Crippen LogP contribution in [0.2, 0.25) is 10.0 Å². The van der Waals surface area contributed by atoms with Crippen LogP contribution < -0.4 is 5.32 Å². The third kappa shape index (κ3) is 5.86. The summed E-state index contributed by atoms with van der Waals surface area (Å²) in [6.07, 6.45) is 1.17. The molecule has 0 saturated carbocycles. The van der Waals surface area contributed by atoms with Crippen molar-refractivity contribution in [3.63, 3.8) is 0 Å². The monoisotopic (exact) mass is 512 g/mol. The number of guanidine groups is 1. The SMILES string of the molecule is CCNC(=NCc1ccc(Cl)cc1Cl)N1CCC(N2CCOCC2)C1.I. The first-order valence-electron chi connectivity index (χ1n) is 8.96. The van der Waals surface area contributed by atoms with Gasteiger partial charge in [0.25, 0.3) is 0 Å². The first-order chi connectivity index (χ1) is 12.2. The number of hydrogen-bond donors (Lipinski definition) is 1. The lowest BCUT2D eigenvalue weighted by Gasteiger charge is -2.32. The summed E-state index contributed by atoms with van der Waals surface area (Å²) in [6.45, 7) is 9.31. The van der Waals surface area contributed by atoms with Crippen molar-refractivity contribution < 1.29 is 4.74 Å². The quantitative estimate of drug-likeness (QED) is 0.381. The maximum atomic E-state index is 6.27. The molecule has 5 nitrogen and oxygen atoms in total. The fraction of sp³-hybridized carbons (Fsp3) is 0.611. The average Bonchev–Trinajstić information content (AvgIpc) is 3.10. The largest absolute Gasteiger partial charge is 0.379 e. The Kier molecular flexibility index (Phi) is 9.23. The van der Waals surface area contributed by atoms with Crippen LogP contribution in [0.5, 0.6) is 0 Å². The minimum atomic E-state index is 0. The highest BCUT2D eigenvalue weighted by Gasteiger charge is 2.30. The van der Waals surface area contributed by atoms with Gasteiger partial charge in [-0.05, 0) is 31.0 Å². The third-order valence-corrected chi connectivity index (χ3v) is 5.36. The summed E-state index contributed by atoms with van der Waals surface area (Å²) in [4.78, 5) is 9.70. The zero-order valence-corrected chi connectivity index (χ0v) is 18.9. The van der Waals surface area contributed by atoms with E-state index in [0.29, 0.717) is 22.6 Å². The topological polar surface area (TPSA) is 40.1 Å². The molecule has 0 amide bonds. The molecule has 2 aliphatic heterocycles. The molecule has 8 heteroatoms. The van der Waals surface area contributed by atoms with Crippen molar-refractivity contribution in [3.05, 3.63) is 33.8 Å². The average molecular weight is 513 g/mol. The number of likely N-dealkylation sites (tertiary alicyclic amines) is 1. The minimum absolute atomic E-state index is 0. The first kappa shape index (κ1) is 22.0. The molecule has 1 unspecified atom stereocenters. The van der Waals surface area contributed by atoms with Crippen molar-refractivity contribution in [3.8, 4) is 0 Å². The molecule has 2 heterocycles. The highest BCUT2D eigenvalue weighted by molar-refractivity contribution is 14.0. The van der Waals surface area contributed by atoms with E-state index in [0.717, 1.165) is 57.5 Å². The molecule has 1 aromatic carbocycles. The van der Waals surface area contributed by atoms with Crippen molar-refractivity contribution in [2.24, 2.45) is 4.99 Å². The van der Waals surface area contributed by atoms with E-state index < -0.39 is 0 Å². The summed E-state index contributed by atoms with van der Waals surface area (Å²) < 4.78 is 5.47. The molecule has 2 aliphatic rings. The smallest absolute Gasteiger partial charge is 0.194 e. The maximum absolute atomic E-state index is 6.27. The number of hydrogen-bond acceptors (Lipinski definition) is 3. The van der Waals surface area contributed by atoms with E-state index in [1.807, 2.05) is 12.1 Å². The zero-order valence-electron chi connectivity index (χ0n) is 15.1. The molecule has 1 N–H and O–H groups in total. The van der Waals surface area contributed by atoms with Crippen molar-refractivity contribution in [2.75, 3.05) is 45.9 Å². The number of halogens is 3. The second kappa shape index (κ2) is 10.9. The molecule has 2 saturated heterocycles. The lowest BCUT2D eigenvalue weighted by molar-refractivity contribution is 0.0195. The van der Waals surface area contributed by atoms with E-state index in [1.54, 1.807) is 6.07 Å². The highest BCUT2D eigenvalue weighted by Crippen LogP contribution is 2.22. The van der Waals surface area contributed by atoms with Crippen LogP contribution in [0.3, 0.4) is 0 Å². The van der Waals surface area contributed by atoms with E-state index in [-0.39, 0.29) is 24.0 Å². The first-order valence-corrected chi connectivity index (χ1v) is 9.72. The zero-order chi connectivity index (χ0) is 17.6. The van der Waals surface area contributed by atoms with E-state index in [1.165, 1.54) is 6.42 Å². The third-order valence-electron chi connectivity index (χ3n) is 4.77. The Bertz CT molecular complexity index is 611. The van der Waals surface area contributed by atoms with Gasteiger partial charge in [-0.25, -0.2) is 4.99 Å². The molecule has 146 valence electrons. The Balaban J connectivity index is 0.00000243. The Hall–Kier alpha value is -0.280. The van der Waals surface area contributed by atoms with Gasteiger partial charge in [-0.3, -0.25) is 4.90 Å². The Labute approximate surface area is 183 Å². The van der Waals surface area contributed by atoms with Gasteiger partial charge in [-0.1, -0.05) is 29.3 Å². The van der Waals surface area contributed by atoms with E-state index in [9.17, 15) is 0 Å². The van der Waals surface area contributed by atoms with Crippen LogP contribution in [0.15, 0.2) is 23.2 Å². The number of benzene rings is 1. The van der Waals surface area contributed by atoms with Crippen LogP contribution >= 0.6 is 47.2 Å². The van der Waals surface area contributed by atoms with Gasteiger partial charge in [-0.15, -0.1) is 24.0 Å². The molecule has 1 aromatic rings. The van der Waals surface area contributed by atoms with Crippen molar-refractivity contribution >= 4 is 53.1 Å². The summed E-state index contributed by atoms with van der Waals surface area (Å²) in [5.74, 6) is 0.962. The highest BCUT2D eigenvalue weighted by atomic mass is 127. The second-order valence-electron chi connectivity index (χ2n) is 6.44. The Morgan fingerprint density at radius 1 is 1.27 bits per heavy atom. The van der Waals surface area contributed by atoms with Crippen molar-refractivity contribution in [1.29, 1.82) is 0 Å². The molecule has 0 radical (unpaired) electrons. The van der Waals surface area contributed by atoms with Crippen LogP contribution in [0.1, 0.15) is 18.9 Å². The minimum Gasteiger partial charge on any atom is -0.379 e. The number of rotatable bonds is 4. The summed E-state index contributed by atoms with van der Waals surface area (Å²) in [5.41, 5.74) is 0.991. The molecular formula is C18H27Cl2IN4O. The summed E-state index contributed by atoms with van der Waals surface area (Å²) >= 11 is 12.2. The summed E-state index contributed by atoms with van der Waals surface area (Å²) in [6, 6.07) is 6.16. The fourth-order valence-electron chi connectivity index (χ4n) is 3.41. The lowest BCUT2D eigenvalue weighted by atomic mass is 10.2. The number of morpholine rings is 1. The van der Waals surface area contributed by atoms with E-state index in [2.05, 4.69) is 22.0 Å². The van der Waals surface area contributed by atoms with Crippen molar-refractivity contribution in [2.45, 2.75) is 25.9 Å². The number of aliphatic imine (C=N–C) groups is 1. The molecule has 2 fully saturated rings. The van der Waals surface area contributed by atoms with Gasteiger partial charge in [0.15, 0.2) is 5.96 Å². The lowest BCUT2D eigenvalue weighted by Crippen LogP contribution is -2.46. The predicted octanol–water partition coefficient (Wildman–Crippen LogP) is 3.48.